The van der Waals surface area contributed by atoms with Crippen LogP contribution in [0.4, 0.5) is 14.5 Å². The zero-order chi connectivity index (χ0) is 23.9. The van der Waals surface area contributed by atoms with Crippen molar-refractivity contribution in [1.82, 2.24) is 0 Å². The van der Waals surface area contributed by atoms with Crippen LogP contribution in [-0.4, -0.2) is 30.3 Å². The van der Waals surface area contributed by atoms with E-state index in [2.05, 4.69) is 10.1 Å². The minimum atomic E-state index is -2.93. The van der Waals surface area contributed by atoms with Crippen molar-refractivity contribution in [2.24, 2.45) is 0 Å². The van der Waals surface area contributed by atoms with Gasteiger partial charge in [-0.15, -0.1) is 0 Å². The van der Waals surface area contributed by atoms with Gasteiger partial charge in [0.2, 0.25) is 5.76 Å². The molecule has 1 fully saturated rings. The summed E-state index contributed by atoms with van der Waals surface area (Å²) in [5, 5.41) is 3.98. The fourth-order valence-corrected chi connectivity index (χ4v) is 5.31. The molecule has 2 aromatic carbocycles. The van der Waals surface area contributed by atoms with Gasteiger partial charge in [0.15, 0.2) is 6.61 Å². The molecule has 9 heteroatoms. The average molecular weight is 490 g/mol. The van der Waals surface area contributed by atoms with Gasteiger partial charge in [0.05, 0.1) is 0 Å². The molecule has 0 spiro atoms. The van der Waals surface area contributed by atoms with Gasteiger partial charge in [0.25, 0.3) is 5.91 Å². The van der Waals surface area contributed by atoms with Crippen LogP contribution in [0.2, 0.25) is 0 Å². The first-order valence-electron chi connectivity index (χ1n) is 11.1. The van der Waals surface area contributed by atoms with E-state index in [0.717, 1.165) is 10.9 Å². The molecule has 0 unspecified atom stereocenters. The van der Waals surface area contributed by atoms with Crippen molar-refractivity contribution >= 4 is 40.3 Å². The van der Waals surface area contributed by atoms with E-state index in [1.807, 2.05) is 30.0 Å². The van der Waals surface area contributed by atoms with Crippen LogP contribution in [0.25, 0.3) is 11.0 Å². The van der Waals surface area contributed by atoms with E-state index < -0.39 is 25.1 Å². The van der Waals surface area contributed by atoms with Crippen molar-refractivity contribution in [3.63, 3.8) is 0 Å². The first-order chi connectivity index (χ1) is 16.5. The predicted molar refractivity (Wildman–Crippen MR) is 126 cm³/mol. The number of para-hydroxylation sites is 1. The van der Waals surface area contributed by atoms with Crippen LogP contribution in [0.1, 0.15) is 48.2 Å². The maximum absolute atomic E-state index is 12.8. The highest BCUT2D eigenvalue weighted by atomic mass is 32.2. The second kappa shape index (κ2) is 11.4. The molecule has 0 atom stereocenters. The third kappa shape index (κ3) is 6.28. The quantitative estimate of drug-likeness (QED) is 0.351. The number of fused-ring (bicyclic) bond motifs is 1. The number of furan rings is 1. The Morgan fingerprint density at radius 2 is 1.79 bits per heavy atom. The van der Waals surface area contributed by atoms with Gasteiger partial charge in [0.1, 0.15) is 11.3 Å². The zero-order valence-electron chi connectivity index (χ0n) is 18.4. The molecule has 0 aliphatic heterocycles. The highest BCUT2D eigenvalue weighted by molar-refractivity contribution is 7.99. The van der Waals surface area contributed by atoms with Crippen LogP contribution in [0.5, 0.6) is 5.75 Å². The van der Waals surface area contributed by atoms with Crippen LogP contribution in [0, 0.1) is 0 Å². The molecule has 1 heterocycles. The maximum Gasteiger partial charge on any atom is 0.387 e. The fraction of sp³-hybridized carbons (Fsp3) is 0.360. The highest BCUT2D eigenvalue weighted by Crippen LogP contribution is 2.35. The lowest BCUT2D eigenvalue weighted by molar-refractivity contribution is -0.119. The van der Waals surface area contributed by atoms with Crippen molar-refractivity contribution in [3.05, 3.63) is 59.9 Å². The van der Waals surface area contributed by atoms with Gasteiger partial charge in [-0.05, 0) is 43.2 Å². The third-order valence-corrected chi connectivity index (χ3v) is 7.00. The Hall–Kier alpha value is -3.07. The number of esters is 1. The summed E-state index contributed by atoms with van der Waals surface area (Å²) in [4.78, 5) is 25.0. The number of alkyl halides is 2. The third-order valence-electron chi connectivity index (χ3n) is 5.60. The summed E-state index contributed by atoms with van der Waals surface area (Å²) in [7, 11) is 0. The van der Waals surface area contributed by atoms with Crippen LogP contribution in [0.15, 0.2) is 52.9 Å². The van der Waals surface area contributed by atoms with E-state index in [4.69, 9.17) is 9.15 Å². The minimum absolute atomic E-state index is 0.0251. The first-order valence-corrected chi connectivity index (χ1v) is 12.2. The summed E-state index contributed by atoms with van der Waals surface area (Å²) in [5.41, 5.74) is 1.74. The number of halogens is 2. The van der Waals surface area contributed by atoms with E-state index in [1.54, 1.807) is 6.07 Å². The normalized spacial score (nSPS) is 14.3. The molecule has 3 aromatic rings. The SMILES string of the molecule is O=C(COC(=O)c1oc2ccccc2c1CSC1CCCCC1)Nc1ccc(OC(F)F)cc1. The van der Waals surface area contributed by atoms with Crippen LogP contribution in [0.3, 0.4) is 0 Å². The summed E-state index contributed by atoms with van der Waals surface area (Å²) in [6.07, 6.45) is 6.09. The average Bonchev–Trinajstić information content (AvgIpc) is 3.21. The largest absolute Gasteiger partial charge is 0.450 e. The lowest BCUT2D eigenvalue weighted by atomic mass is 10.0. The smallest absolute Gasteiger partial charge is 0.387 e. The molecule has 0 saturated heterocycles. The molecule has 1 N–H and O–H groups in total. The van der Waals surface area contributed by atoms with Crippen molar-refractivity contribution in [2.45, 2.75) is 49.7 Å². The summed E-state index contributed by atoms with van der Waals surface area (Å²) in [6.45, 7) is -3.44. The Morgan fingerprint density at radius 3 is 2.53 bits per heavy atom. The maximum atomic E-state index is 12.8. The van der Waals surface area contributed by atoms with E-state index >= 15 is 0 Å². The number of nitrogens with one attached hydrogen (secondary N) is 1. The number of rotatable bonds is 9. The number of ether oxygens (including phenoxy) is 2. The number of benzene rings is 2. The number of carbonyl (C=O) groups excluding carboxylic acids is 2. The molecule has 34 heavy (non-hydrogen) atoms. The summed E-state index contributed by atoms with van der Waals surface area (Å²) in [6, 6.07) is 12.9. The van der Waals surface area contributed by atoms with Gasteiger partial charge in [-0.3, -0.25) is 4.79 Å². The lowest BCUT2D eigenvalue weighted by Crippen LogP contribution is -2.21. The molecule has 6 nitrogen and oxygen atoms in total. The molecule has 0 radical (unpaired) electrons. The number of anilines is 1. The number of amides is 1. The first kappa shape index (κ1) is 24.1. The van der Waals surface area contributed by atoms with Crippen molar-refractivity contribution in [3.8, 4) is 5.75 Å². The van der Waals surface area contributed by atoms with E-state index in [1.165, 1.54) is 56.4 Å². The topological polar surface area (TPSA) is 77.8 Å². The van der Waals surface area contributed by atoms with Gasteiger partial charge >= 0.3 is 12.6 Å². The van der Waals surface area contributed by atoms with Crippen LogP contribution >= 0.6 is 11.8 Å². The Bertz CT molecular complexity index is 1130. The molecule has 180 valence electrons. The number of hydrogen-bond donors (Lipinski definition) is 1. The van der Waals surface area contributed by atoms with Crippen LogP contribution < -0.4 is 10.1 Å². The summed E-state index contributed by atoms with van der Waals surface area (Å²) in [5.74, 6) is -0.545. The molecule has 0 bridgehead atoms. The minimum Gasteiger partial charge on any atom is -0.450 e. The summed E-state index contributed by atoms with van der Waals surface area (Å²) < 4.78 is 39.8. The van der Waals surface area contributed by atoms with Gasteiger partial charge in [0, 0.05) is 27.6 Å². The molecule has 1 amide bonds. The summed E-state index contributed by atoms with van der Waals surface area (Å²) >= 11 is 1.83. The molecular weight excluding hydrogens is 464 g/mol. The van der Waals surface area contributed by atoms with E-state index in [-0.39, 0.29) is 11.5 Å². The Morgan fingerprint density at radius 1 is 1.06 bits per heavy atom. The molecular formula is C25H25F2NO5S. The van der Waals surface area contributed by atoms with Gasteiger partial charge < -0.3 is 19.2 Å². The second-order valence-electron chi connectivity index (χ2n) is 8.00. The molecule has 1 aromatic heterocycles. The van der Waals surface area contributed by atoms with Crippen LogP contribution in [-0.2, 0) is 15.3 Å². The van der Waals surface area contributed by atoms with Crippen molar-refractivity contribution in [1.29, 1.82) is 0 Å². The Kier molecular flexibility index (Phi) is 8.05. The number of hydrogen-bond acceptors (Lipinski definition) is 6. The molecule has 4 rings (SSSR count). The van der Waals surface area contributed by atoms with Crippen molar-refractivity contribution < 1.29 is 32.3 Å². The zero-order valence-corrected chi connectivity index (χ0v) is 19.2. The monoisotopic (exact) mass is 489 g/mol. The van der Waals surface area contributed by atoms with E-state index in [0.29, 0.717) is 22.3 Å². The van der Waals surface area contributed by atoms with E-state index in [9.17, 15) is 18.4 Å². The second-order valence-corrected chi connectivity index (χ2v) is 9.29. The van der Waals surface area contributed by atoms with Gasteiger partial charge in [-0.1, -0.05) is 37.5 Å². The Labute approximate surface area is 200 Å². The molecule has 1 aliphatic carbocycles. The predicted octanol–water partition coefficient (Wildman–Crippen LogP) is 6.40. The number of carbonyl (C=O) groups is 2. The van der Waals surface area contributed by atoms with Gasteiger partial charge in [-0.25, -0.2) is 4.79 Å². The van der Waals surface area contributed by atoms with Gasteiger partial charge in [-0.2, -0.15) is 20.5 Å². The standard InChI is InChI=1S/C25H25F2NO5S/c26-25(27)32-17-12-10-16(11-13-17)28-22(29)14-31-24(30)23-20(15-34-18-6-2-1-3-7-18)19-8-4-5-9-21(19)33-23/h4-5,8-13,18,25H,1-3,6-7,14-15H2,(H,28,29). The lowest BCUT2D eigenvalue weighted by Gasteiger charge is -2.20. The number of thioether (sulfide) groups is 1. The molecule has 1 aliphatic rings. The van der Waals surface area contributed by atoms with Crippen molar-refractivity contribution in [2.75, 3.05) is 11.9 Å². The Balaban J connectivity index is 1.37. The molecule has 1 saturated carbocycles. The highest BCUT2D eigenvalue weighted by Gasteiger charge is 2.24. The fourth-order valence-electron chi connectivity index (χ4n) is 3.95.